The molecule has 2 aromatic rings. The predicted octanol–water partition coefficient (Wildman–Crippen LogP) is 3.06. The lowest BCUT2D eigenvalue weighted by Crippen LogP contribution is -2.50. The zero-order valence-corrected chi connectivity index (χ0v) is 14.4. The molecule has 0 bridgehead atoms. The van der Waals surface area contributed by atoms with E-state index in [9.17, 15) is 9.18 Å². The van der Waals surface area contributed by atoms with Crippen LogP contribution < -0.4 is 4.74 Å². The average Bonchev–Trinajstić information content (AvgIpc) is 3.05. The number of nitrogens with zero attached hydrogens (tertiary/aromatic N) is 2. The summed E-state index contributed by atoms with van der Waals surface area (Å²) in [5, 5.41) is 0. The molecule has 0 radical (unpaired) electrons. The Labute approximate surface area is 151 Å². The molecule has 1 aromatic heterocycles. The first-order valence-electron chi connectivity index (χ1n) is 8.89. The quantitative estimate of drug-likeness (QED) is 0.848. The van der Waals surface area contributed by atoms with E-state index in [2.05, 4.69) is 4.98 Å². The summed E-state index contributed by atoms with van der Waals surface area (Å²) in [6.45, 7) is 1.76. The van der Waals surface area contributed by atoms with Gasteiger partial charge in [0.05, 0.1) is 24.3 Å². The molecule has 3 heterocycles. The van der Waals surface area contributed by atoms with Crippen LogP contribution in [0.5, 0.6) is 5.75 Å². The molecule has 6 heteroatoms. The SMILES string of the molecule is O=C(c1cccnc1)N1CCC[C@]2(C[C@@H](Oc3ccc(F)cc3)CO2)C1. The van der Waals surface area contributed by atoms with Crippen LogP contribution in [0.1, 0.15) is 29.6 Å². The van der Waals surface area contributed by atoms with Gasteiger partial charge in [0.1, 0.15) is 17.7 Å². The van der Waals surface area contributed by atoms with Crippen LogP contribution in [0.3, 0.4) is 0 Å². The first-order chi connectivity index (χ1) is 12.6. The van der Waals surface area contributed by atoms with Crippen LogP contribution in [-0.2, 0) is 4.74 Å². The number of ether oxygens (including phenoxy) is 2. The van der Waals surface area contributed by atoms with E-state index in [0.717, 1.165) is 25.8 Å². The summed E-state index contributed by atoms with van der Waals surface area (Å²) >= 11 is 0. The molecule has 1 amide bonds. The molecule has 26 heavy (non-hydrogen) atoms. The van der Waals surface area contributed by atoms with Crippen LogP contribution in [0.4, 0.5) is 4.39 Å². The largest absolute Gasteiger partial charge is 0.488 e. The highest BCUT2D eigenvalue weighted by atomic mass is 19.1. The summed E-state index contributed by atoms with van der Waals surface area (Å²) in [4.78, 5) is 18.6. The maximum absolute atomic E-state index is 13.0. The minimum Gasteiger partial charge on any atom is -0.488 e. The molecule has 2 fully saturated rings. The van der Waals surface area contributed by atoms with Gasteiger partial charge < -0.3 is 14.4 Å². The Hall–Kier alpha value is -2.47. The molecule has 4 rings (SSSR count). The van der Waals surface area contributed by atoms with Crippen molar-refractivity contribution in [1.29, 1.82) is 0 Å². The molecule has 1 spiro atoms. The number of carbonyl (C=O) groups excluding carboxylic acids is 1. The highest BCUT2D eigenvalue weighted by Gasteiger charge is 2.45. The van der Waals surface area contributed by atoms with Gasteiger partial charge in [0.2, 0.25) is 0 Å². The third-order valence-corrected chi connectivity index (χ3v) is 5.03. The second kappa shape index (κ2) is 7.03. The van der Waals surface area contributed by atoms with Crippen molar-refractivity contribution in [3.05, 3.63) is 60.2 Å². The summed E-state index contributed by atoms with van der Waals surface area (Å²) in [6.07, 6.45) is 5.70. The number of hydrogen-bond donors (Lipinski definition) is 0. The van der Waals surface area contributed by atoms with Gasteiger partial charge in [-0.1, -0.05) is 0 Å². The van der Waals surface area contributed by atoms with Crippen molar-refractivity contribution in [3.63, 3.8) is 0 Å². The van der Waals surface area contributed by atoms with Gasteiger partial charge in [-0.15, -0.1) is 0 Å². The van der Waals surface area contributed by atoms with Gasteiger partial charge in [0, 0.05) is 25.4 Å². The first kappa shape index (κ1) is 17.0. The molecule has 0 aliphatic carbocycles. The van der Waals surface area contributed by atoms with E-state index in [-0.39, 0.29) is 23.4 Å². The Morgan fingerprint density at radius 2 is 2.15 bits per heavy atom. The van der Waals surface area contributed by atoms with Crippen LogP contribution in [0.25, 0.3) is 0 Å². The van der Waals surface area contributed by atoms with Gasteiger partial charge in [-0.05, 0) is 49.2 Å². The molecule has 0 saturated carbocycles. The monoisotopic (exact) mass is 356 g/mol. The fourth-order valence-electron chi connectivity index (χ4n) is 3.81. The standard InChI is InChI=1S/C20H21FN2O3/c21-16-4-6-17(7-5-16)26-18-11-20(25-13-18)8-2-10-23(14-20)19(24)15-3-1-9-22-12-15/h1,3-7,9,12,18H,2,8,10-11,13-14H2/t18-,20+/m1/s1. The molecule has 5 nitrogen and oxygen atoms in total. The molecule has 2 atom stereocenters. The number of piperidine rings is 1. The van der Waals surface area contributed by atoms with E-state index in [4.69, 9.17) is 9.47 Å². The minimum atomic E-state index is -0.360. The third kappa shape index (κ3) is 3.55. The molecule has 2 aliphatic heterocycles. The van der Waals surface area contributed by atoms with E-state index < -0.39 is 0 Å². The number of amides is 1. The second-order valence-corrected chi connectivity index (χ2v) is 6.96. The molecular formula is C20H21FN2O3. The maximum atomic E-state index is 13.0. The van der Waals surface area contributed by atoms with Crippen LogP contribution in [0.15, 0.2) is 48.8 Å². The van der Waals surface area contributed by atoms with E-state index in [1.54, 1.807) is 36.7 Å². The fourth-order valence-corrected chi connectivity index (χ4v) is 3.81. The molecule has 2 saturated heterocycles. The van der Waals surface area contributed by atoms with Crippen molar-refractivity contribution in [3.8, 4) is 5.75 Å². The summed E-state index contributed by atoms with van der Waals surface area (Å²) in [6, 6.07) is 9.57. The molecule has 1 aromatic carbocycles. The Bertz CT molecular complexity index is 768. The molecule has 2 aliphatic rings. The lowest BCUT2D eigenvalue weighted by Gasteiger charge is -2.39. The van der Waals surface area contributed by atoms with Crippen molar-refractivity contribution in [2.24, 2.45) is 0 Å². The van der Waals surface area contributed by atoms with E-state index >= 15 is 0 Å². The molecule has 136 valence electrons. The number of aromatic nitrogens is 1. The lowest BCUT2D eigenvalue weighted by atomic mass is 9.89. The molecule has 0 unspecified atom stereocenters. The highest BCUT2D eigenvalue weighted by molar-refractivity contribution is 5.94. The Balaban J connectivity index is 1.41. The maximum Gasteiger partial charge on any atom is 0.255 e. The minimum absolute atomic E-state index is 0.0105. The zero-order chi connectivity index (χ0) is 18.0. The number of halogens is 1. The number of hydrogen-bond acceptors (Lipinski definition) is 4. The Kier molecular flexibility index (Phi) is 4.59. The van der Waals surface area contributed by atoms with Crippen molar-refractivity contribution in [2.45, 2.75) is 31.0 Å². The predicted molar refractivity (Wildman–Crippen MR) is 93.5 cm³/mol. The number of carbonyl (C=O) groups is 1. The van der Waals surface area contributed by atoms with Gasteiger partial charge >= 0.3 is 0 Å². The van der Waals surface area contributed by atoms with E-state index in [0.29, 0.717) is 24.5 Å². The summed E-state index contributed by atoms with van der Waals surface area (Å²) in [5.74, 6) is 0.341. The number of pyridine rings is 1. The topological polar surface area (TPSA) is 51.7 Å². The summed E-state index contributed by atoms with van der Waals surface area (Å²) < 4.78 is 25.1. The van der Waals surface area contributed by atoms with Crippen molar-refractivity contribution < 1.29 is 18.7 Å². The smallest absolute Gasteiger partial charge is 0.255 e. The van der Waals surface area contributed by atoms with Crippen molar-refractivity contribution in [2.75, 3.05) is 19.7 Å². The summed E-state index contributed by atoms with van der Waals surface area (Å²) in [5.41, 5.74) is 0.238. The lowest BCUT2D eigenvalue weighted by molar-refractivity contribution is -0.0453. The average molecular weight is 356 g/mol. The van der Waals surface area contributed by atoms with Gasteiger partial charge in [-0.2, -0.15) is 0 Å². The van der Waals surface area contributed by atoms with E-state index in [1.165, 1.54) is 12.1 Å². The van der Waals surface area contributed by atoms with Crippen LogP contribution in [0, 0.1) is 5.82 Å². The molecular weight excluding hydrogens is 335 g/mol. The van der Waals surface area contributed by atoms with Gasteiger partial charge in [-0.3, -0.25) is 9.78 Å². The first-order valence-corrected chi connectivity index (χ1v) is 8.89. The second-order valence-electron chi connectivity index (χ2n) is 6.96. The van der Waals surface area contributed by atoms with Crippen LogP contribution in [0.2, 0.25) is 0 Å². The van der Waals surface area contributed by atoms with Crippen molar-refractivity contribution in [1.82, 2.24) is 9.88 Å². The zero-order valence-electron chi connectivity index (χ0n) is 14.4. The Morgan fingerprint density at radius 3 is 2.92 bits per heavy atom. The Morgan fingerprint density at radius 1 is 1.31 bits per heavy atom. The van der Waals surface area contributed by atoms with Gasteiger partial charge in [-0.25, -0.2) is 4.39 Å². The number of likely N-dealkylation sites (tertiary alicyclic amines) is 1. The fraction of sp³-hybridized carbons (Fsp3) is 0.400. The summed E-state index contributed by atoms with van der Waals surface area (Å²) in [7, 11) is 0. The number of benzene rings is 1. The number of rotatable bonds is 3. The van der Waals surface area contributed by atoms with E-state index in [1.807, 2.05) is 4.90 Å². The van der Waals surface area contributed by atoms with Gasteiger partial charge in [0.25, 0.3) is 5.91 Å². The normalized spacial score (nSPS) is 25.4. The van der Waals surface area contributed by atoms with Gasteiger partial charge in [0.15, 0.2) is 0 Å². The highest BCUT2D eigenvalue weighted by Crippen LogP contribution is 2.36. The molecule has 0 N–H and O–H groups in total. The van der Waals surface area contributed by atoms with Crippen molar-refractivity contribution >= 4 is 5.91 Å². The van der Waals surface area contributed by atoms with Crippen LogP contribution >= 0.6 is 0 Å². The third-order valence-electron chi connectivity index (χ3n) is 5.03. The van der Waals surface area contributed by atoms with Crippen LogP contribution in [-0.4, -0.2) is 47.2 Å².